The van der Waals surface area contributed by atoms with E-state index in [1.54, 1.807) is 24.3 Å². The number of carbonyl (C=O) groups is 2. The minimum absolute atomic E-state index is 0.0480. The predicted molar refractivity (Wildman–Crippen MR) is 138 cm³/mol. The van der Waals surface area contributed by atoms with Crippen molar-refractivity contribution in [2.45, 2.75) is 6.04 Å². The SMILES string of the molecule is COc1ccc(C(O)=C2C(=O)C(=O)N(c3nc4ccc(F)cc4s3)C2c2ccc(N(C)C)cc2)cc1. The fourth-order valence-corrected chi connectivity index (χ4v) is 5.21. The van der Waals surface area contributed by atoms with Crippen molar-refractivity contribution < 1.29 is 23.8 Å². The number of carbonyl (C=O) groups excluding carboxylic acids is 2. The maximum atomic E-state index is 13.8. The summed E-state index contributed by atoms with van der Waals surface area (Å²) < 4.78 is 19.5. The first kappa shape index (κ1) is 23.5. The maximum Gasteiger partial charge on any atom is 0.301 e. The molecule has 1 aliphatic rings. The van der Waals surface area contributed by atoms with E-state index in [2.05, 4.69) is 4.98 Å². The lowest BCUT2D eigenvalue weighted by atomic mass is 9.95. The van der Waals surface area contributed by atoms with Crippen molar-refractivity contribution in [2.24, 2.45) is 0 Å². The minimum Gasteiger partial charge on any atom is -0.507 e. The van der Waals surface area contributed by atoms with Crippen LogP contribution in [-0.4, -0.2) is 43.0 Å². The average molecular weight is 504 g/mol. The molecule has 1 saturated heterocycles. The van der Waals surface area contributed by atoms with Gasteiger partial charge in [-0.15, -0.1) is 0 Å². The molecule has 5 rings (SSSR count). The van der Waals surface area contributed by atoms with Crippen molar-refractivity contribution in [3.63, 3.8) is 0 Å². The van der Waals surface area contributed by atoms with Crippen molar-refractivity contribution in [1.29, 1.82) is 0 Å². The summed E-state index contributed by atoms with van der Waals surface area (Å²) in [6, 6.07) is 17.2. The van der Waals surface area contributed by atoms with Crippen molar-refractivity contribution in [2.75, 3.05) is 31.0 Å². The second-order valence-corrected chi connectivity index (χ2v) is 9.50. The van der Waals surface area contributed by atoms with E-state index in [0.717, 1.165) is 17.0 Å². The average Bonchev–Trinajstić information content (AvgIpc) is 3.41. The molecule has 1 amide bonds. The summed E-state index contributed by atoms with van der Waals surface area (Å²) in [5, 5.41) is 11.5. The van der Waals surface area contributed by atoms with Crippen LogP contribution >= 0.6 is 11.3 Å². The lowest BCUT2D eigenvalue weighted by Gasteiger charge is -2.23. The quantitative estimate of drug-likeness (QED) is 0.231. The van der Waals surface area contributed by atoms with Crippen LogP contribution in [0.3, 0.4) is 0 Å². The molecule has 3 aromatic carbocycles. The molecule has 9 heteroatoms. The van der Waals surface area contributed by atoms with Gasteiger partial charge < -0.3 is 14.7 Å². The standard InChI is InChI=1S/C27H22FN3O4S/c1-30(2)18-9-4-15(5-10-18)23-22(24(32)16-6-11-19(35-3)12-7-16)25(33)26(34)31(23)27-29-20-13-8-17(28)14-21(20)36-27/h4-14,23,32H,1-3H3. The van der Waals surface area contributed by atoms with Gasteiger partial charge in [-0.25, -0.2) is 9.37 Å². The molecule has 0 aliphatic carbocycles. The molecule has 0 bridgehead atoms. The van der Waals surface area contributed by atoms with Crippen LogP contribution in [0.25, 0.3) is 16.0 Å². The number of ether oxygens (including phenoxy) is 1. The number of halogens is 1. The number of amides is 1. The fourth-order valence-electron chi connectivity index (χ4n) is 4.19. The van der Waals surface area contributed by atoms with Crippen molar-refractivity contribution >= 4 is 49.8 Å². The van der Waals surface area contributed by atoms with E-state index in [-0.39, 0.29) is 16.5 Å². The largest absolute Gasteiger partial charge is 0.507 e. The first-order chi connectivity index (χ1) is 17.3. The van der Waals surface area contributed by atoms with Gasteiger partial charge in [0.05, 0.1) is 28.9 Å². The molecule has 0 spiro atoms. The number of anilines is 2. The number of ketones is 1. The number of aliphatic hydroxyl groups excluding tert-OH is 1. The van der Waals surface area contributed by atoms with E-state index < -0.39 is 23.5 Å². The Morgan fingerprint density at radius 2 is 1.75 bits per heavy atom. The summed E-state index contributed by atoms with van der Waals surface area (Å²) in [6.07, 6.45) is 0. The van der Waals surface area contributed by atoms with Gasteiger partial charge in [0, 0.05) is 25.3 Å². The van der Waals surface area contributed by atoms with Gasteiger partial charge in [0.25, 0.3) is 5.78 Å². The normalized spacial score (nSPS) is 17.1. The smallest absolute Gasteiger partial charge is 0.301 e. The fraction of sp³-hybridized carbons (Fsp3) is 0.148. The first-order valence-electron chi connectivity index (χ1n) is 11.1. The van der Waals surface area contributed by atoms with E-state index in [1.165, 1.54) is 30.2 Å². The van der Waals surface area contributed by atoms with Gasteiger partial charge >= 0.3 is 5.91 Å². The molecule has 0 radical (unpaired) electrons. The molecule has 1 atom stereocenters. The zero-order valence-electron chi connectivity index (χ0n) is 19.7. The van der Waals surface area contributed by atoms with Crippen LogP contribution in [0.1, 0.15) is 17.2 Å². The van der Waals surface area contributed by atoms with Crippen LogP contribution in [0.15, 0.2) is 72.3 Å². The van der Waals surface area contributed by atoms with Gasteiger partial charge in [-0.2, -0.15) is 0 Å². The Kier molecular flexibility index (Phi) is 5.93. The molecule has 182 valence electrons. The van der Waals surface area contributed by atoms with Crippen LogP contribution in [0.5, 0.6) is 5.75 Å². The monoisotopic (exact) mass is 503 g/mol. The predicted octanol–water partition coefficient (Wildman–Crippen LogP) is 5.14. The van der Waals surface area contributed by atoms with Crippen molar-refractivity contribution in [1.82, 2.24) is 4.98 Å². The molecule has 1 N–H and O–H groups in total. The highest BCUT2D eigenvalue weighted by atomic mass is 32.1. The van der Waals surface area contributed by atoms with Crippen LogP contribution in [0.2, 0.25) is 0 Å². The molecule has 0 saturated carbocycles. The first-order valence-corrected chi connectivity index (χ1v) is 11.9. The number of Topliss-reactive ketones (excluding diaryl/α,β-unsaturated/α-hetero) is 1. The van der Waals surface area contributed by atoms with Gasteiger partial charge in [0.1, 0.15) is 17.3 Å². The molecular formula is C27H22FN3O4S. The second kappa shape index (κ2) is 9.09. The molecule has 1 aliphatic heterocycles. The number of aromatic nitrogens is 1. The van der Waals surface area contributed by atoms with Crippen LogP contribution in [0, 0.1) is 5.82 Å². The molecule has 1 aromatic heterocycles. The van der Waals surface area contributed by atoms with Crippen molar-refractivity contribution in [3.05, 3.63) is 89.2 Å². The molecule has 4 aromatic rings. The summed E-state index contributed by atoms with van der Waals surface area (Å²) in [4.78, 5) is 34.4. The number of thiazole rings is 1. The van der Waals surface area contributed by atoms with Gasteiger partial charge in [-0.05, 0) is 60.2 Å². The van der Waals surface area contributed by atoms with E-state index in [9.17, 15) is 19.1 Å². The zero-order chi connectivity index (χ0) is 25.6. The Hall–Kier alpha value is -4.24. The summed E-state index contributed by atoms with van der Waals surface area (Å²) in [6.45, 7) is 0. The third kappa shape index (κ3) is 3.97. The Balaban J connectivity index is 1.70. The number of methoxy groups -OCH3 is 1. The van der Waals surface area contributed by atoms with Crippen LogP contribution in [0.4, 0.5) is 15.2 Å². The molecule has 1 fully saturated rings. The molecule has 36 heavy (non-hydrogen) atoms. The summed E-state index contributed by atoms with van der Waals surface area (Å²) >= 11 is 1.11. The number of nitrogens with zero attached hydrogens (tertiary/aromatic N) is 3. The number of aliphatic hydroxyl groups is 1. The van der Waals surface area contributed by atoms with E-state index in [0.29, 0.717) is 27.1 Å². The van der Waals surface area contributed by atoms with Crippen molar-refractivity contribution in [3.8, 4) is 5.75 Å². The van der Waals surface area contributed by atoms with Gasteiger partial charge in [0.15, 0.2) is 5.13 Å². The summed E-state index contributed by atoms with van der Waals surface area (Å²) in [5.74, 6) is -1.77. The van der Waals surface area contributed by atoms with Gasteiger partial charge in [-0.3, -0.25) is 14.5 Å². The molecular weight excluding hydrogens is 481 g/mol. The van der Waals surface area contributed by atoms with Crippen LogP contribution < -0.4 is 14.5 Å². The topological polar surface area (TPSA) is 83.0 Å². The maximum absolute atomic E-state index is 13.8. The Labute approximate surface area is 210 Å². The second-order valence-electron chi connectivity index (χ2n) is 8.49. The molecule has 1 unspecified atom stereocenters. The van der Waals surface area contributed by atoms with E-state index in [4.69, 9.17) is 4.74 Å². The summed E-state index contributed by atoms with van der Waals surface area (Å²) in [7, 11) is 5.34. The number of hydrogen-bond acceptors (Lipinski definition) is 7. The van der Waals surface area contributed by atoms with Gasteiger partial charge in [-0.1, -0.05) is 23.5 Å². The Morgan fingerprint density at radius 3 is 2.39 bits per heavy atom. The van der Waals surface area contributed by atoms with E-state index >= 15 is 0 Å². The highest BCUT2D eigenvalue weighted by molar-refractivity contribution is 7.22. The number of benzene rings is 3. The molecule has 7 nitrogen and oxygen atoms in total. The Bertz CT molecular complexity index is 1510. The summed E-state index contributed by atoms with van der Waals surface area (Å²) in [5.41, 5.74) is 2.39. The Morgan fingerprint density at radius 1 is 1.06 bits per heavy atom. The molecule has 2 heterocycles. The number of fused-ring (bicyclic) bond motifs is 1. The van der Waals surface area contributed by atoms with Crippen LogP contribution in [-0.2, 0) is 9.59 Å². The van der Waals surface area contributed by atoms with Gasteiger partial charge in [0.2, 0.25) is 0 Å². The number of hydrogen-bond donors (Lipinski definition) is 1. The highest BCUT2D eigenvalue weighted by Crippen LogP contribution is 2.44. The zero-order valence-corrected chi connectivity index (χ0v) is 20.5. The third-order valence-corrected chi connectivity index (χ3v) is 7.10. The lowest BCUT2D eigenvalue weighted by Crippen LogP contribution is -2.29. The third-order valence-electron chi connectivity index (χ3n) is 6.08. The lowest BCUT2D eigenvalue weighted by molar-refractivity contribution is -0.132. The minimum atomic E-state index is -0.922. The van der Waals surface area contributed by atoms with E-state index in [1.807, 2.05) is 43.3 Å². The highest BCUT2D eigenvalue weighted by Gasteiger charge is 2.48. The number of rotatable bonds is 5.